The fourth-order valence-electron chi connectivity index (χ4n) is 2.19. The molecule has 0 aliphatic carbocycles. The number of aromatic carboxylic acids is 1. The Morgan fingerprint density at radius 3 is 2.85 bits per heavy atom. The van der Waals surface area contributed by atoms with Crippen molar-refractivity contribution in [3.05, 3.63) is 48.0 Å². The summed E-state index contributed by atoms with van der Waals surface area (Å²) in [5, 5.41) is 14.8. The maximum Gasteiger partial charge on any atom is 0.374 e. The second kappa shape index (κ2) is 4.77. The highest BCUT2D eigenvalue weighted by atomic mass is 16.5. The normalized spacial score (nSPS) is 10.8. The van der Waals surface area contributed by atoms with Gasteiger partial charge in [-0.3, -0.25) is 4.98 Å². The molecule has 5 heteroatoms. The van der Waals surface area contributed by atoms with Gasteiger partial charge in [0.2, 0.25) is 5.76 Å². The van der Waals surface area contributed by atoms with Crippen molar-refractivity contribution < 1.29 is 14.4 Å². The molecule has 0 fully saturated rings. The van der Waals surface area contributed by atoms with Gasteiger partial charge in [0.15, 0.2) is 0 Å². The third kappa shape index (κ3) is 2.03. The van der Waals surface area contributed by atoms with E-state index in [0.717, 1.165) is 22.8 Å². The van der Waals surface area contributed by atoms with Crippen LogP contribution in [0.15, 0.2) is 41.2 Å². The van der Waals surface area contributed by atoms with Crippen molar-refractivity contribution >= 4 is 16.7 Å². The highest BCUT2D eigenvalue weighted by molar-refractivity contribution is 5.90. The van der Waals surface area contributed by atoms with Gasteiger partial charge in [-0.05, 0) is 23.4 Å². The number of aryl methyl sites for hydroxylation is 1. The van der Waals surface area contributed by atoms with Gasteiger partial charge in [0, 0.05) is 29.4 Å². The van der Waals surface area contributed by atoms with E-state index in [0.29, 0.717) is 5.69 Å². The summed E-state index contributed by atoms with van der Waals surface area (Å²) in [5.41, 5.74) is 2.50. The Labute approximate surface area is 114 Å². The largest absolute Gasteiger partial charge is 0.475 e. The molecule has 0 aliphatic rings. The van der Waals surface area contributed by atoms with Crippen molar-refractivity contribution in [3.8, 4) is 11.3 Å². The van der Waals surface area contributed by atoms with Crippen molar-refractivity contribution in [3.63, 3.8) is 0 Å². The number of benzene rings is 1. The maximum atomic E-state index is 10.8. The number of aromatic nitrogens is 2. The van der Waals surface area contributed by atoms with E-state index in [2.05, 4.69) is 17.1 Å². The minimum atomic E-state index is -1.13. The highest BCUT2D eigenvalue weighted by Crippen LogP contribution is 2.25. The molecule has 0 bridgehead atoms. The zero-order chi connectivity index (χ0) is 14.1. The predicted molar refractivity (Wildman–Crippen MR) is 73.6 cm³/mol. The Morgan fingerprint density at radius 1 is 1.30 bits per heavy atom. The van der Waals surface area contributed by atoms with Gasteiger partial charge in [0.1, 0.15) is 5.69 Å². The molecule has 0 spiro atoms. The van der Waals surface area contributed by atoms with E-state index in [1.807, 2.05) is 24.4 Å². The number of hydrogen-bond acceptors (Lipinski definition) is 4. The molecule has 1 aromatic carbocycles. The molecule has 0 radical (unpaired) electrons. The average molecular weight is 268 g/mol. The Kier molecular flexibility index (Phi) is 2.95. The predicted octanol–water partition coefficient (Wildman–Crippen LogP) is 3.15. The number of rotatable bonds is 3. The van der Waals surface area contributed by atoms with Gasteiger partial charge in [-0.15, -0.1) is 0 Å². The molecular formula is C15H12N2O3. The van der Waals surface area contributed by atoms with Crippen LogP contribution in [0.1, 0.15) is 23.0 Å². The van der Waals surface area contributed by atoms with Crippen LogP contribution in [0.5, 0.6) is 0 Å². The smallest absolute Gasteiger partial charge is 0.374 e. The standard InChI is InChI=1S/C15H12N2O3/c1-2-9-7-16-8-11-5-10(3-4-12(9)11)13-6-14(15(18)19)20-17-13/h3-8H,2H2,1H3,(H,18,19). The third-order valence-corrected chi connectivity index (χ3v) is 3.24. The molecule has 0 atom stereocenters. The lowest BCUT2D eigenvalue weighted by Gasteiger charge is -2.04. The summed E-state index contributed by atoms with van der Waals surface area (Å²) in [6.45, 7) is 2.08. The maximum absolute atomic E-state index is 10.8. The Hall–Kier alpha value is -2.69. The summed E-state index contributed by atoms with van der Waals surface area (Å²) in [4.78, 5) is 15.0. The fourth-order valence-corrected chi connectivity index (χ4v) is 2.19. The lowest BCUT2D eigenvalue weighted by molar-refractivity contribution is 0.0652. The Balaban J connectivity index is 2.10. The van der Waals surface area contributed by atoms with Gasteiger partial charge in [-0.1, -0.05) is 24.2 Å². The van der Waals surface area contributed by atoms with E-state index >= 15 is 0 Å². The average Bonchev–Trinajstić information content (AvgIpc) is 2.96. The first-order valence-electron chi connectivity index (χ1n) is 6.26. The van der Waals surface area contributed by atoms with Crippen LogP contribution in [0.2, 0.25) is 0 Å². The van der Waals surface area contributed by atoms with Crippen molar-refractivity contribution in [2.24, 2.45) is 0 Å². The summed E-state index contributed by atoms with van der Waals surface area (Å²) in [6, 6.07) is 7.26. The molecule has 0 unspecified atom stereocenters. The lowest BCUT2D eigenvalue weighted by atomic mass is 10.0. The summed E-state index contributed by atoms with van der Waals surface area (Å²) < 4.78 is 4.77. The second-order valence-electron chi connectivity index (χ2n) is 4.47. The minimum absolute atomic E-state index is 0.166. The molecule has 0 amide bonds. The van der Waals surface area contributed by atoms with Crippen LogP contribution in [0.4, 0.5) is 0 Å². The summed E-state index contributed by atoms with van der Waals surface area (Å²) in [6.07, 6.45) is 4.56. The van der Waals surface area contributed by atoms with Crippen LogP contribution in [0.3, 0.4) is 0 Å². The highest BCUT2D eigenvalue weighted by Gasteiger charge is 2.12. The van der Waals surface area contributed by atoms with E-state index in [1.54, 1.807) is 6.20 Å². The van der Waals surface area contributed by atoms with Gasteiger partial charge in [-0.25, -0.2) is 4.79 Å². The number of carboxylic acid groups (broad SMARTS) is 1. The van der Waals surface area contributed by atoms with Gasteiger partial charge in [-0.2, -0.15) is 0 Å². The molecule has 1 N–H and O–H groups in total. The lowest BCUT2D eigenvalue weighted by Crippen LogP contribution is -1.91. The van der Waals surface area contributed by atoms with Gasteiger partial charge >= 0.3 is 5.97 Å². The van der Waals surface area contributed by atoms with Gasteiger partial charge < -0.3 is 9.63 Å². The van der Waals surface area contributed by atoms with E-state index in [4.69, 9.17) is 9.63 Å². The zero-order valence-electron chi connectivity index (χ0n) is 10.8. The SMILES string of the molecule is CCc1cncc2cc(-c3cc(C(=O)O)on3)ccc12. The second-order valence-corrected chi connectivity index (χ2v) is 4.47. The van der Waals surface area contributed by atoms with E-state index in [9.17, 15) is 4.79 Å². The number of carbonyl (C=O) groups is 1. The fraction of sp³-hybridized carbons (Fsp3) is 0.133. The van der Waals surface area contributed by atoms with E-state index in [-0.39, 0.29) is 5.76 Å². The van der Waals surface area contributed by atoms with Crippen LogP contribution >= 0.6 is 0 Å². The van der Waals surface area contributed by atoms with Crippen LogP contribution < -0.4 is 0 Å². The van der Waals surface area contributed by atoms with E-state index in [1.165, 1.54) is 11.6 Å². The summed E-state index contributed by atoms with van der Waals surface area (Å²) in [5.74, 6) is -1.29. The quantitative estimate of drug-likeness (QED) is 0.789. The molecule has 2 heterocycles. The van der Waals surface area contributed by atoms with E-state index < -0.39 is 5.97 Å². The topological polar surface area (TPSA) is 76.2 Å². The molecule has 100 valence electrons. The van der Waals surface area contributed by atoms with Gasteiger partial charge in [0.05, 0.1) is 0 Å². The molecule has 2 aromatic heterocycles. The van der Waals surface area contributed by atoms with Gasteiger partial charge in [0.25, 0.3) is 0 Å². The van der Waals surface area contributed by atoms with Crippen LogP contribution in [0.25, 0.3) is 22.0 Å². The molecule has 5 nitrogen and oxygen atoms in total. The monoisotopic (exact) mass is 268 g/mol. The molecule has 0 saturated carbocycles. The molecule has 20 heavy (non-hydrogen) atoms. The first kappa shape index (κ1) is 12.3. The summed E-state index contributed by atoms with van der Waals surface area (Å²) >= 11 is 0. The van der Waals surface area contributed by atoms with Crippen molar-refractivity contribution in [1.82, 2.24) is 10.1 Å². The first-order valence-corrected chi connectivity index (χ1v) is 6.26. The minimum Gasteiger partial charge on any atom is -0.475 e. The van der Waals surface area contributed by atoms with Crippen LogP contribution in [-0.2, 0) is 6.42 Å². The van der Waals surface area contributed by atoms with Crippen LogP contribution in [0, 0.1) is 0 Å². The molecule has 3 aromatic rings. The van der Waals surface area contributed by atoms with Crippen molar-refractivity contribution in [1.29, 1.82) is 0 Å². The Bertz CT molecular complexity index is 793. The Morgan fingerprint density at radius 2 is 2.15 bits per heavy atom. The number of fused-ring (bicyclic) bond motifs is 1. The van der Waals surface area contributed by atoms with Crippen molar-refractivity contribution in [2.45, 2.75) is 13.3 Å². The molecule has 0 saturated heterocycles. The number of carboxylic acids is 1. The zero-order valence-corrected chi connectivity index (χ0v) is 10.8. The third-order valence-electron chi connectivity index (χ3n) is 3.24. The molecular weight excluding hydrogens is 256 g/mol. The summed E-state index contributed by atoms with van der Waals surface area (Å²) in [7, 11) is 0. The number of hydrogen-bond donors (Lipinski definition) is 1. The van der Waals surface area contributed by atoms with Crippen LogP contribution in [-0.4, -0.2) is 21.2 Å². The number of pyridine rings is 1. The molecule has 0 aliphatic heterocycles. The number of nitrogens with zero attached hydrogens (tertiary/aromatic N) is 2. The van der Waals surface area contributed by atoms with Crippen molar-refractivity contribution in [2.75, 3.05) is 0 Å². The molecule has 3 rings (SSSR count). The first-order chi connectivity index (χ1) is 9.69.